The van der Waals surface area contributed by atoms with Gasteiger partial charge in [-0.1, -0.05) is 35.5 Å². The normalized spacial score (nSPS) is 10.1. The summed E-state index contributed by atoms with van der Waals surface area (Å²) in [5.41, 5.74) is 0.760. The van der Waals surface area contributed by atoms with Gasteiger partial charge in [0.1, 0.15) is 11.3 Å². The first-order chi connectivity index (χ1) is 8.65. The number of nitrogens with one attached hydrogen (secondary N) is 1. The lowest BCUT2D eigenvalue weighted by Crippen LogP contribution is -2.20. The van der Waals surface area contributed by atoms with Crippen LogP contribution in [0.2, 0.25) is 0 Å². The van der Waals surface area contributed by atoms with Gasteiger partial charge in [-0.25, -0.2) is 4.79 Å². The van der Waals surface area contributed by atoms with E-state index in [-0.39, 0.29) is 11.3 Å². The van der Waals surface area contributed by atoms with E-state index in [4.69, 9.17) is 9.63 Å². The third-order valence-corrected chi connectivity index (χ3v) is 2.39. The molecule has 0 fully saturated rings. The molecule has 2 aromatic rings. The topological polar surface area (TPSA) is 92.4 Å². The van der Waals surface area contributed by atoms with Crippen molar-refractivity contribution in [2.24, 2.45) is 0 Å². The number of carbonyl (C=O) groups excluding carboxylic acids is 1. The third kappa shape index (κ3) is 1.95. The Hall–Kier alpha value is -2.63. The molecule has 1 aromatic carbocycles. The molecule has 0 saturated carbocycles. The second kappa shape index (κ2) is 4.70. The van der Waals surface area contributed by atoms with Crippen LogP contribution < -0.4 is 5.32 Å². The molecule has 0 spiro atoms. The highest BCUT2D eigenvalue weighted by Gasteiger charge is 2.27. The first-order valence-corrected chi connectivity index (χ1v) is 5.15. The monoisotopic (exact) mass is 246 g/mol. The zero-order chi connectivity index (χ0) is 13.1. The Morgan fingerprint density at radius 1 is 1.28 bits per heavy atom. The minimum Gasteiger partial charge on any atom is -0.475 e. The Kier molecular flexibility index (Phi) is 3.09. The number of hydrogen-bond donors (Lipinski definition) is 2. The second-order valence-corrected chi connectivity index (χ2v) is 3.49. The van der Waals surface area contributed by atoms with Gasteiger partial charge in [-0.3, -0.25) is 4.79 Å². The van der Waals surface area contributed by atoms with E-state index in [2.05, 4.69) is 10.5 Å². The smallest absolute Gasteiger partial charge is 0.375 e. The molecule has 0 radical (unpaired) electrons. The number of carboxylic acids is 1. The van der Waals surface area contributed by atoms with Crippen molar-refractivity contribution in [2.75, 3.05) is 7.05 Å². The Morgan fingerprint density at radius 2 is 1.94 bits per heavy atom. The van der Waals surface area contributed by atoms with Gasteiger partial charge in [0.25, 0.3) is 11.7 Å². The van der Waals surface area contributed by atoms with Crippen molar-refractivity contribution >= 4 is 11.9 Å². The van der Waals surface area contributed by atoms with Crippen LogP contribution in [0, 0.1) is 0 Å². The van der Waals surface area contributed by atoms with Gasteiger partial charge in [-0.15, -0.1) is 0 Å². The van der Waals surface area contributed by atoms with Crippen molar-refractivity contribution < 1.29 is 19.2 Å². The number of amides is 1. The van der Waals surface area contributed by atoms with E-state index in [1.807, 2.05) is 0 Å². The summed E-state index contributed by atoms with van der Waals surface area (Å²) in [6.07, 6.45) is 0. The Labute approximate surface area is 102 Å². The third-order valence-electron chi connectivity index (χ3n) is 2.39. The average molecular weight is 246 g/mol. The van der Waals surface area contributed by atoms with Gasteiger partial charge in [0, 0.05) is 12.6 Å². The van der Waals surface area contributed by atoms with Crippen LogP contribution in [-0.2, 0) is 0 Å². The molecule has 0 saturated heterocycles. The number of nitrogens with zero attached hydrogens (tertiary/aromatic N) is 1. The van der Waals surface area contributed by atoms with Gasteiger partial charge in [0.2, 0.25) is 0 Å². The van der Waals surface area contributed by atoms with E-state index < -0.39 is 17.6 Å². The molecule has 0 aliphatic heterocycles. The van der Waals surface area contributed by atoms with Gasteiger partial charge in [0.05, 0.1) is 0 Å². The van der Waals surface area contributed by atoms with E-state index >= 15 is 0 Å². The summed E-state index contributed by atoms with van der Waals surface area (Å²) in [6, 6.07) is 8.77. The maximum Gasteiger partial charge on any atom is 0.375 e. The SMILES string of the molecule is CNC(=O)c1c(-c2ccccc2)noc1C(=O)O. The molecule has 1 heterocycles. The Bertz CT molecular complexity index is 589. The maximum absolute atomic E-state index is 11.7. The summed E-state index contributed by atoms with van der Waals surface area (Å²) in [6.45, 7) is 0. The number of carbonyl (C=O) groups is 2. The zero-order valence-corrected chi connectivity index (χ0v) is 9.51. The molecule has 1 aromatic heterocycles. The van der Waals surface area contributed by atoms with E-state index in [1.54, 1.807) is 30.3 Å². The van der Waals surface area contributed by atoms with E-state index in [1.165, 1.54) is 7.05 Å². The van der Waals surface area contributed by atoms with E-state index in [9.17, 15) is 9.59 Å². The predicted octanol–water partition coefficient (Wildman–Crippen LogP) is 1.40. The minimum absolute atomic E-state index is 0.0730. The number of carboxylic acid groups (broad SMARTS) is 1. The lowest BCUT2D eigenvalue weighted by atomic mass is 10.1. The molecule has 18 heavy (non-hydrogen) atoms. The highest BCUT2D eigenvalue weighted by molar-refractivity contribution is 6.07. The number of aromatic nitrogens is 1. The summed E-state index contributed by atoms with van der Waals surface area (Å²) in [5, 5.41) is 15.0. The van der Waals surface area contributed by atoms with E-state index in [0.717, 1.165) is 0 Å². The first kappa shape index (κ1) is 11.8. The number of benzene rings is 1. The fourth-order valence-electron chi connectivity index (χ4n) is 1.56. The molecule has 0 aliphatic carbocycles. The Balaban J connectivity index is 2.62. The predicted molar refractivity (Wildman–Crippen MR) is 62.3 cm³/mol. The zero-order valence-electron chi connectivity index (χ0n) is 9.51. The van der Waals surface area contributed by atoms with Crippen molar-refractivity contribution in [1.82, 2.24) is 10.5 Å². The van der Waals surface area contributed by atoms with Crippen LogP contribution in [0.3, 0.4) is 0 Å². The minimum atomic E-state index is -1.33. The van der Waals surface area contributed by atoms with Crippen LogP contribution in [0.4, 0.5) is 0 Å². The van der Waals surface area contributed by atoms with Crippen molar-refractivity contribution in [3.05, 3.63) is 41.7 Å². The van der Waals surface area contributed by atoms with Crippen LogP contribution in [0.1, 0.15) is 20.9 Å². The molecular formula is C12H10N2O4. The van der Waals surface area contributed by atoms with Crippen molar-refractivity contribution in [3.8, 4) is 11.3 Å². The Morgan fingerprint density at radius 3 is 2.50 bits per heavy atom. The van der Waals surface area contributed by atoms with Crippen LogP contribution in [-0.4, -0.2) is 29.2 Å². The molecule has 6 nitrogen and oxygen atoms in total. The fourth-order valence-corrected chi connectivity index (χ4v) is 1.56. The quantitative estimate of drug-likeness (QED) is 0.853. The molecule has 92 valence electrons. The molecule has 6 heteroatoms. The van der Waals surface area contributed by atoms with E-state index in [0.29, 0.717) is 5.56 Å². The van der Waals surface area contributed by atoms with Gasteiger partial charge >= 0.3 is 5.97 Å². The van der Waals surface area contributed by atoms with Crippen molar-refractivity contribution in [2.45, 2.75) is 0 Å². The standard InChI is InChI=1S/C12H10N2O4/c1-13-11(15)8-9(7-5-3-2-4-6-7)14-18-10(8)12(16)17/h2-6H,1H3,(H,13,15)(H,16,17). The molecule has 0 aliphatic rings. The second-order valence-electron chi connectivity index (χ2n) is 3.49. The van der Waals surface area contributed by atoms with Crippen LogP contribution in [0.15, 0.2) is 34.9 Å². The molecule has 0 unspecified atom stereocenters. The molecule has 0 bridgehead atoms. The molecule has 2 N–H and O–H groups in total. The summed E-state index contributed by atoms with van der Waals surface area (Å²) >= 11 is 0. The largest absolute Gasteiger partial charge is 0.475 e. The molecule has 2 rings (SSSR count). The van der Waals surface area contributed by atoms with Gasteiger partial charge in [-0.05, 0) is 0 Å². The number of hydrogen-bond acceptors (Lipinski definition) is 4. The maximum atomic E-state index is 11.7. The average Bonchev–Trinajstić information content (AvgIpc) is 2.83. The van der Waals surface area contributed by atoms with Gasteiger partial charge < -0.3 is 14.9 Å². The lowest BCUT2D eigenvalue weighted by Gasteiger charge is -2.00. The molecule has 1 amide bonds. The summed E-state index contributed by atoms with van der Waals surface area (Å²) in [4.78, 5) is 22.7. The highest BCUT2D eigenvalue weighted by atomic mass is 16.5. The van der Waals surface area contributed by atoms with Crippen LogP contribution >= 0.6 is 0 Å². The van der Waals surface area contributed by atoms with Crippen molar-refractivity contribution in [1.29, 1.82) is 0 Å². The number of aromatic carboxylic acids is 1. The van der Waals surface area contributed by atoms with Gasteiger partial charge in [0.15, 0.2) is 0 Å². The summed E-state index contributed by atoms with van der Waals surface area (Å²) in [5.74, 6) is -2.34. The lowest BCUT2D eigenvalue weighted by molar-refractivity contribution is 0.0646. The molecule has 0 atom stereocenters. The fraction of sp³-hybridized carbons (Fsp3) is 0.0833. The van der Waals surface area contributed by atoms with Gasteiger partial charge in [-0.2, -0.15) is 0 Å². The number of rotatable bonds is 3. The van der Waals surface area contributed by atoms with Crippen LogP contribution in [0.25, 0.3) is 11.3 Å². The highest BCUT2D eigenvalue weighted by Crippen LogP contribution is 2.25. The molecular weight excluding hydrogens is 236 g/mol. The first-order valence-electron chi connectivity index (χ1n) is 5.15. The summed E-state index contributed by atoms with van der Waals surface area (Å²) < 4.78 is 4.72. The van der Waals surface area contributed by atoms with Crippen molar-refractivity contribution in [3.63, 3.8) is 0 Å². The van der Waals surface area contributed by atoms with Crippen LogP contribution in [0.5, 0.6) is 0 Å². The summed E-state index contributed by atoms with van der Waals surface area (Å²) in [7, 11) is 1.41.